The molecule has 0 bridgehead atoms. The smallest absolute Gasteiger partial charge is 0.237 e. The van der Waals surface area contributed by atoms with E-state index >= 15 is 0 Å². The van der Waals surface area contributed by atoms with Crippen LogP contribution in [0.3, 0.4) is 0 Å². The van der Waals surface area contributed by atoms with Crippen molar-refractivity contribution in [1.29, 1.82) is 0 Å². The van der Waals surface area contributed by atoms with Gasteiger partial charge in [-0.05, 0) is 5.56 Å². The summed E-state index contributed by atoms with van der Waals surface area (Å²) in [4.78, 5) is 18.8. The SMILES string of the molecule is Cl.Cl.Cl.N[C@@H](Cc1cn(Cc2ccccc2)cn1)C(=O)NCCN1CCOCC1. The maximum Gasteiger partial charge on any atom is 0.237 e. The van der Waals surface area contributed by atoms with E-state index in [-0.39, 0.29) is 43.1 Å². The van der Waals surface area contributed by atoms with Crippen LogP contribution in [-0.4, -0.2) is 65.8 Å². The second kappa shape index (κ2) is 14.6. The van der Waals surface area contributed by atoms with Gasteiger partial charge in [0, 0.05) is 45.3 Å². The van der Waals surface area contributed by atoms with Gasteiger partial charge < -0.3 is 20.4 Å². The Morgan fingerprint density at radius 1 is 1.17 bits per heavy atom. The summed E-state index contributed by atoms with van der Waals surface area (Å²) in [5, 5.41) is 2.92. The zero-order chi connectivity index (χ0) is 18.2. The van der Waals surface area contributed by atoms with Gasteiger partial charge in [0.15, 0.2) is 0 Å². The second-order valence-electron chi connectivity index (χ2n) is 6.58. The summed E-state index contributed by atoms with van der Waals surface area (Å²) in [6.07, 6.45) is 4.17. The van der Waals surface area contributed by atoms with E-state index in [9.17, 15) is 4.79 Å². The van der Waals surface area contributed by atoms with Crippen molar-refractivity contribution >= 4 is 43.1 Å². The summed E-state index contributed by atoms with van der Waals surface area (Å²) in [6.45, 7) is 5.55. The zero-order valence-electron chi connectivity index (χ0n) is 16.2. The largest absolute Gasteiger partial charge is 0.379 e. The summed E-state index contributed by atoms with van der Waals surface area (Å²) in [6, 6.07) is 9.61. The molecular weight excluding hydrogens is 437 g/mol. The molecule has 1 aromatic carbocycles. The van der Waals surface area contributed by atoms with Gasteiger partial charge in [-0.2, -0.15) is 0 Å². The Balaban J connectivity index is 0.00000261. The van der Waals surface area contributed by atoms with Crippen molar-refractivity contribution in [2.75, 3.05) is 39.4 Å². The van der Waals surface area contributed by atoms with Crippen LogP contribution in [0.25, 0.3) is 0 Å². The Hall–Kier alpha value is -1.35. The van der Waals surface area contributed by atoms with Gasteiger partial charge in [0.05, 0.1) is 31.3 Å². The van der Waals surface area contributed by atoms with Gasteiger partial charge in [-0.1, -0.05) is 30.3 Å². The molecule has 1 atom stereocenters. The van der Waals surface area contributed by atoms with E-state index in [0.717, 1.165) is 45.1 Å². The molecule has 29 heavy (non-hydrogen) atoms. The number of amides is 1. The number of aromatic nitrogens is 2. The molecule has 0 unspecified atom stereocenters. The molecule has 0 radical (unpaired) electrons. The molecule has 164 valence electrons. The van der Waals surface area contributed by atoms with Crippen LogP contribution >= 0.6 is 37.2 Å². The molecule has 3 rings (SSSR count). The van der Waals surface area contributed by atoms with Gasteiger partial charge in [-0.15, -0.1) is 37.2 Å². The molecule has 0 aliphatic carbocycles. The summed E-state index contributed by atoms with van der Waals surface area (Å²) < 4.78 is 7.32. The lowest BCUT2D eigenvalue weighted by Gasteiger charge is -2.26. The van der Waals surface area contributed by atoms with Gasteiger partial charge in [0.25, 0.3) is 0 Å². The van der Waals surface area contributed by atoms with E-state index < -0.39 is 6.04 Å². The minimum atomic E-state index is -0.584. The molecule has 0 spiro atoms. The molecule has 2 aromatic rings. The van der Waals surface area contributed by atoms with Gasteiger partial charge >= 0.3 is 0 Å². The number of benzene rings is 1. The van der Waals surface area contributed by atoms with Crippen LogP contribution in [0.15, 0.2) is 42.9 Å². The van der Waals surface area contributed by atoms with Crippen LogP contribution in [0.2, 0.25) is 0 Å². The first-order valence-electron chi connectivity index (χ1n) is 9.08. The third kappa shape index (κ3) is 9.33. The molecule has 1 aliphatic rings. The number of halogens is 3. The number of carbonyl (C=O) groups excluding carboxylic acids is 1. The van der Waals surface area contributed by atoms with Crippen molar-refractivity contribution in [2.45, 2.75) is 19.0 Å². The summed E-state index contributed by atoms with van der Waals surface area (Å²) >= 11 is 0. The molecule has 1 aromatic heterocycles. The van der Waals surface area contributed by atoms with E-state index in [4.69, 9.17) is 10.5 Å². The van der Waals surface area contributed by atoms with Crippen LogP contribution in [0.4, 0.5) is 0 Å². The van der Waals surface area contributed by atoms with Crippen LogP contribution in [0.5, 0.6) is 0 Å². The Morgan fingerprint density at radius 3 is 2.55 bits per heavy atom. The van der Waals surface area contributed by atoms with E-state index in [0.29, 0.717) is 13.0 Å². The van der Waals surface area contributed by atoms with Crippen LogP contribution in [0.1, 0.15) is 11.3 Å². The molecular formula is C19H30Cl3N5O2. The first kappa shape index (κ1) is 27.6. The minimum absolute atomic E-state index is 0. The molecule has 1 saturated heterocycles. The standard InChI is InChI=1S/C19H27N5O2.3ClH/c20-18(19(25)21-6-7-23-8-10-26-11-9-23)12-17-14-24(15-22-17)13-16-4-2-1-3-5-16;;;/h1-5,14-15,18H,6-13,20H2,(H,21,25);3*1H/t18-;;;/m0.../s1. The summed E-state index contributed by atoms with van der Waals surface area (Å²) in [7, 11) is 0. The fourth-order valence-electron chi connectivity index (χ4n) is 3.00. The van der Waals surface area contributed by atoms with Gasteiger partial charge in [-0.3, -0.25) is 9.69 Å². The van der Waals surface area contributed by atoms with Crippen molar-refractivity contribution in [2.24, 2.45) is 5.73 Å². The minimum Gasteiger partial charge on any atom is -0.379 e. The molecule has 1 aliphatic heterocycles. The van der Waals surface area contributed by atoms with E-state index in [1.807, 2.05) is 29.0 Å². The summed E-state index contributed by atoms with van der Waals surface area (Å²) in [5.74, 6) is -0.129. The lowest BCUT2D eigenvalue weighted by Crippen LogP contribution is -2.46. The third-order valence-corrected chi connectivity index (χ3v) is 4.49. The number of hydrogen-bond acceptors (Lipinski definition) is 5. The van der Waals surface area contributed by atoms with Crippen LogP contribution in [0, 0.1) is 0 Å². The van der Waals surface area contributed by atoms with Crippen molar-refractivity contribution < 1.29 is 9.53 Å². The van der Waals surface area contributed by atoms with Crippen molar-refractivity contribution in [3.63, 3.8) is 0 Å². The zero-order valence-corrected chi connectivity index (χ0v) is 18.7. The number of nitrogens with one attached hydrogen (secondary N) is 1. The lowest BCUT2D eigenvalue weighted by atomic mass is 10.1. The number of imidazole rings is 1. The van der Waals surface area contributed by atoms with E-state index in [1.165, 1.54) is 5.56 Å². The topological polar surface area (TPSA) is 85.4 Å². The Kier molecular flexibility index (Phi) is 13.9. The number of nitrogens with zero attached hydrogens (tertiary/aromatic N) is 3. The normalized spacial score (nSPS) is 14.7. The number of ether oxygens (including phenoxy) is 1. The number of hydrogen-bond donors (Lipinski definition) is 2. The first-order chi connectivity index (χ1) is 12.7. The van der Waals surface area contributed by atoms with Crippen molar-refractivity contribution in [3.8, 4) is 0 Å². The maximum absolute atomic E-state index is 12.2. The summed E-state index contributed by atoms with van der Waals surface area (Å²) in [5.41, 5.74) is 8.08. The third-order valence-electron chi connectivity index (χ3n) is 4.49. The molecule has 3 N–H and O–H groups in total. The van der Waals surface area contributed by atoms with Gasteiger partial charge in [-0.25, -0.2) is 4.98 Å². The molecule has 7 nitrogen and oxygen atoms in total. The van der Waals surface area contributed by atoms with Crippen molar-refractivity contribution in [1.82, 2.24) is 19.8 Å². The molecule has 0 saturated carbocycles. The Bertz CT molecular complexity index is 696. The predicted octanol–water partition coefficient (Wildman–Crippen LogP) is 1.51. The number of rotatable bonds is 8. The maximum atomic E-state index is 12.2. The predicted molar refractivity (Wildman–Crippen MR) is 121 cm³/mol. The molecule has 10 heteroatoms. The Morgan fingerprint density at radius 2 is 1.86 bits per heavy atom. The van der Waals surface area contributed by atoms with Crippen LogP contribution in [-0.2, 0) is 22.5 Å². The number of nitrogens with two attached hydrogens (primary N) is 1. The quantitative estimate of drug-likeness (QED) is 0.616. The average molecular weight is 467 g/mol. The highest BCUT2D eigenvalue weighted by Crippen LogP contribution is 2.05. The molecule has 1 fully saturated rings. The number of carbonyl (C=O) groups is 1. The highest BCUT2D eigenvalue weighted by Gasteiger charge is 2.16. The first-order valence-corrected chi connectivity index (χ1v) is 9.08. The second-order valence-corrected chi connectivity index (χ2v) is 6.58. The van der Waals surface area contributed by atoms with Crippen LogP contribution < -0.4 is 11.1 Å². The van der Waals surface area contributed by atoms with E-state index in [1.54, 1.807) is 6.33 Å². The molecule has 2 heterocycles. The van der Waals surface area contributed by atoms with E-state index in [2.05, 4.69) is 27.3 Å². The Labute approximate surface area is 190 Å². The monoisotopic (exact) mass is 465 g/mol. The lowest BCUT2D eigenvalue weighted by molar-refractivity contribution is -0.122. The highest BCUT2D eigenvalue weighted by molar-refractivity contribution is 5.86. The number of morpholine rings is 1. The fraction of sp³-hybridized carbons (Fsp3) is 0.474. The highest BCUT2D eigenvalue weighted by atomic mass is 35.5. The fourth-order valence-corrected chi connectivity index (χ4v) is 3.00. The molecule has 1 amide bonds. The average Bonchev–Trinajstić information content (AvgIpc) is 3.10. The van der Waals surface area contributed by atoms with Gasteiger partial charge in [0.2, 0.25) is 5.91 Å². The van der Waals surface area contributed by atoms with Gasteiger partial charge in [0.1, 0.15) is 0 Å². The van der Waals surface area contributed by atoms with Crippen molar-refractivity contribution in [3.05, 3.63) is 54.1 Å².